The fourth-order valence-electron chi connectivity index (χ4n) is 3.14. The van der Waals surface area contributed by atoms with Crippen molar-refractivity contribution in [3.8, 4) is 23.0 Å². The maximum atomic E-state index is 12.5. The van der Waals surface area contributed by atoms with Crippen molar-refractivity contribution < 1.29 is 23.7 Å². The Morgan fingerprint density at radius 3 is 2.46 bits per heavy atom. The molecular weight excluding hydrogens is 583 g/mol. The number of nitrogens with one attached hydrogen (secondary N) is 1. The van der Waals surface area contributed by atoms with E-state index in [0.717, 1.165) is 14.7 Å². The van der Waals surface area contributed by atoms with E-state index in [-0.39, 0.29) is 5.91 Å². The average Bonchev–Trinajstić information content (AvgIpc) is 2.85. The Morgan fingerprint density at radius 2 is 1.74 bits per heavy atom. The van der Waals surface area contributed by atoms with Gasteiger partial charge in [0.1, 0.15) is 6.61 Å². The van der Waals surface area contributed by atoms with E-state index in [9.17, 15) is 4.79 Å². The number of carbonyl (C=O) groups is 1. The van der Waals surface area contributed by atoms with Crippen LogP contribution in [0.15, 0.2) is 59.7 Å². The molecule has 3 aromatic carbocycles. The van der Waals surface area contributed by atoms with E-state index in [1.807, 2.05) is 50.2 Å². The van der Waals surface area contributed by atoms with Gasteiger partial charge in [0, 0.05) is 16.1 Å². The monoisotopic (exact) mass is 608 g/mol. The first-order chi connectivity index (χ1) is 17.0. The van der Waals surface area contributed by atoms with Crippen molar-refractivity contribution in [2.75, 3.05) is 20.3 Å². The number of nitrogens with zero attached hydrogens (tertiary/aromatic N) is 1. The zero-order chi connectivity index (χ0) is 25.2. The molecule has 9 heteroatoms. The van der Waals surface area contributed by atoms with Crippen molar-refractivity contribution in [2.45, 2.75) is 20.5 Å². The van der Waals surface area contributed by atoms with Crippen LogP contribution in [-0.2, 0) is 6.61 Å². The summed E-state index contributed by atoms with van der Waals surface area (Å²) in [5, 5.41) is 4.74. The fraction of sp³-hybridized carbons (Fsp3) is 0.231. The van der Waals surface area contributed by atoms with E-state index in [1.54, 1.807) is 24.4 Å². The van der Waals surface area contributed by atoms with Crippen LogP contribution >= 0.6 is 34.2 Å². The molecule has 0 atom stereocenters. The molecule has 0 aromatic heterocycles. The van der Waals surface area contributed by atoms with Gasteiger partial charge < -0.3 is 18.9 Å². The van der Waals surface area contributed by atoms with Crippen LogP contribution in [0.5, 0.6) is 23.0 Å². The standard InChI is InChI=1S/C26H26ClIN2O5/c1-4-33-22-11-10-18(14-23(22)32-3)26(31)30-29-15-17-12-21(28)25(24(13-17)34-5-2)35-16-19-8-6-7-9-20(19)27/h6-15H,4-5,16H2,1-3H3,(H,30,31)/b29-15+. The molecule has 3 aromatic rings. The van der Waals surface area contributed by atoms with Gasteiger partial charge in [-0.2, -0.15) is 5.10 Å². The van der Waals surface area contributed by atoms with E-state index in [4.69, 9.17) is 30.5 Å². The average molecular weight is 609 g/mol. The molecule has 3 rings (SSSR count). The Labute approximate surface area is 223 Å². The molecule has 7 nitrogen and oxygen atoms in total. The summed E-state index contributed by atoms with van der Waals surface area (Å²) in [5.74, 6) is 1.88. The number of halogens is 2. The third-order valence-electron chi connectivity index (χ3n) is 4.77. The van der Waals surface area contributed by atoms with Crippen molar-refractivity contribution in [3.05, 3.63) is 79.9 Å². The Kier molecular flexibility index (Phi) is 10.0. The van der Waals surface area contributed by atoms with Gasteiger partial charge in [-0.1, -0.05) is 29.8 Å². The fourth-order valence-corrected chi connectivity index (χ4v) is 4.12. The predicted octanol–water partition coefficient (Wildman–Crippen LogP) is 6.09. The summed E-state index contributed by atoms with van der Waals surface area (Å²) in [4.78, 5) is 12.5. The lowest BCUT2D eigenvalue weighted by Gasteiger charge is -2.15. The minimum absolute atomic E-state index is 0.310. The molecule has 0 fully saturated rings. The van der Waals surface area contributed by atoms with Crippen molar-refractivity contribution >= 4 is 46.3 Å². The van der Waals surface area contributed by atoms with Gasteiger partial charge in [0.2, 0.25) is 0 Å². The lowest BCUT2D eigenvalue weighted by Crippen LogP contribution is -2.17. The maximum Gasteiger partial charge on any atom is 0.271 e. The summed E-state index contributed by atoms with van der Waals surface area (Å²) in [6, 6.07) is 16.2. The van der Waals surface area contributed by atoms with Crippen LogP contribution in [0.25, 0.3) is 0 Å². The molecule has 1 N–H and O–H groups in total. The summed E-state index contributed by atoms with van der Waals surface area (Å²) in [6.07, 6.45) is 1.55. The molecule has 35 heavy (non-hydrogen) atoms. The summed E-state index contributed by atoms with van der Waals surface area (Å²) in [5.41, 5.74) is 4.56. The first-order valence-corrected chi connectivity index (χ1v) is 12.4. The zero-order valence-corrected chi connectivity index (χ0v) is 22.6. The molecule has 0 unspecified atom stereocenters. The van der Waals surface area contributed by atoms with Crippen LogP contribution in [0.4, 0.5) is 0 Å². The molecule has 0 aliphatic rings. The summed E-state index contributed by atoms with van der Waals surface area (Å²) in [6.45, 7) is 5.06. The van der Waals surface area contributed by atoms with Gasteiger partial charge in [0.25, 0.3) is 5.91 Å². The quantitative estimate of drug-likeness (QED) is 0.162. The van der Waals surface area contributed by atoms with Gasteiger partial charge in [-0.15, -0.1) is 0 Å². The summed E-state index contributed by atoms with van der Waals surface area (Å²) in [7, 11) is 1.52. The highest BCUT2D eigenvalue weighted by atomic mass is 127. The van der Waals surface area contributed by atoms with E-state index in [0.29, 0.717) is 53.4 Å². The van der Waals surface area contributed by atoms with Crippen LogP contribution in [0.3, 0.4) is 0 Å². The molecule has 0 aliphatic heterocycles. The normalized spacial score (nSPS) is 10.8. The smallest absolute Gasteiger partial charge is 0.271 e. The van der Waals surface area contributed by atoms with E-state index >= 15 is 0 Å². The lowest BCUT2D eigenvalue weighted by molar-refractivity contribution is 0.0954. The predicted molar refractivity (Wildman–Crippen MR) is 145 cm³/mol. The van der Waals surface area contributed by atoms with Gasteiger partial charge in [-0.25, -0.2) is 5.43 Å². The van der Waals surface area contributed by atoms with E-state index < -0.39 is 0 Å². The van der Waals surface area contributed by atoms with Gasteiger partial charge >= 0.3 is 0 Å². The second kappa shape index (κ2) is 13.2. The van der Waals surface area contributed by atoms with Crippen LogP contribution in [0.2, 0.25) is 5.02 Å². The molecule has 184 valence electrons. The van der Waals surface area contributed by atoms with Gasteiger partial charge in [0.05, 0.1) is 30.1 Å². The number of hydrogen-bond donors (Lipinski definition) is 1. The minimum Gasteiger partial charge on any atom is -0.493 e. The molecule has 1 amide bonds. The number of hydrogen-bond acceptors (Lipinski definition) is 6. The van der Waals surface area contributed by atoms with Crippen LogP contribution in [0, 0.1) is 3.57 Å². The van der Waals surface area contributed by atoms with Crippen LogP contribution in [0.1, 0.15) is 35.3 Å². The van der Waals surface area contributed by atoms with E-state index in [1.165, 1.54) is 7.11 Å². The second-order valence-electron chi connectivity index (χ2n) is 7.14. The highest BCUT2D eigenvalue weighted by Gasteiger charge is 2.14. The van der Waals surface area contributed by atoms with Gasteiger partial charge in [0.15, 0.2) is 23.0 Å². The summed E-state index contributed by atoms with van der Waals surface area (Å²) < 4.78 is 23.5. The highest BCUT2D eigenvalue weighted by Crippen LogP contribution is 2.35. The molecule has 0 heterocycles. The number of ether oxygens (including phenoxy) is 4. The molecular formula is C26H26ClIN2O5. The van der Waals surface area contributed by atoms with Gasteiger partial charge in [-0.3, -0.25) is 4.79 Å². The number of methoxy groups -OCH3 is 1. The highest BCUT2D eigenvalue weighted by molar-refractivity contribution is 14.1. The van der Waals surface area contributed by atoms with Gasteiger partial charge in [-0.05, 0) is 78.4 Å². The largest absolute Gasteiger partial charge is 0.493 e. The Bertz CT molecular complexity index is 1200. The third-order valence-corrected chi connectivity index (χ3v) is 5.94. The molecule has 0 bridgehead atoms. The molecule has 0 radical (unpaired) electrons. The number of rotatable bonds is 11. The molecule has 0 aliphatic carbocycles. The molecule has 0 saturated carbocycles. The summed E-state index contributed by atoms with van der Waals surface area (Å²) >= 11 is 8.43. The molecule has 0 spiro atoms. The topological polar surface area (TPSA) is 78.4 Å². The Balaban J connectivity index is 1.72. The molecule has 0 saturated heterocycles. The number of amides is 1. The third kappa shape index (κ3) is 7.25. The number of benzene rings is 3. The van der Waals surface area contributed by atoms with Crippen molar-refractivity contribution in [1.82, 2.24) is 5.43 Å². The Morgan fingerprint density at radius 1 is 1.00 bits per heavy atom. The second-order valence-corrected chi connectivity index (χ2v) is 8.71. The maximum absolute atomic E-state index is 12.5. The van der Waals surface area contributed by atoms with Crippen LogP contribution < -0.4 is 24.4 Å². The number of hydrazone groups is 1. The number of carbonyl (C=O) groups excluding carboxylic acids is 1. The van der Waals surface area contributed by atoms with Crippen LogP contribution in [-0.4, -0.2) is 32.4 Å². The first-order valence-electron chi connectivity index (χ1n) is 10.9. The SMILES string of the molecule is CCOc1ccc(C(=O)N/N=C/c2cc(I)c(OCc3ccccc3Cl)c(OCC)c2)cc1OC. The van der Waals surface area contributed by atoms with Crippen molar-refractivity contribution in [2.24, 2.45) is 5.10 Å². The zero-order valence-electron chi connectivity index (χ0n) is 19.6. The minimum atomic E-state index is -0.373. The van der Waals surface area contributed by atoms with Crippen molar-refractivity contribution in [3.63, 3.8) is 0 Å². The Hall–Kier alpha value is -2.98. The lowest BCUT2D eigenvalue weighted by atomic mass is 10.2. The van der Waals surface area contributed by atoms with Crippen molar-refractivity contribution in [1.29, 1.82) is 0 Å². The first kappa shape index (κ1) is 26.6. The van der Waals surface area contributed by atoms with E-state index in [2.05, 4.69) is 33.1 Å².